The maximum absolute atomic E-state index is 9.31. The van der Waals surface area contributed by atoms with Crippen molar-refractivity contribution in [2.45, 2.75) is 26.3 Å². The lowest BCUT2D eigenvalue weighted by Crippen LogP contribution is -2.36. The first-order chi connectivity index (χ1) is 11.2. The molecule has 0 radical (unpaired) electrons. The molecule has 1 unspecified atom stereocenters. The molecule has 1 atom stereocenters. The summed E-state index contributed by atoms with van der Waals surface area (Å²) in [7, 11) is 1.65. The molecule has 0 bridgehead atoms. The fourth-order valence-electron chi connectivity index (χ4n) is 3.03. The van der Waals surface area contributed by atoms with Crippen LogP contribution >= 0.6 is 0 Å². The molecule has 124 valence electrons. The molecule has 1 saturated heterocycles. The van der Waals surface area contributed by atoms with E-state index in [1.54, 1.807) is 7.11 Å². The Kier molecular flexibility index (Phi) is 4.93. The van der Waals surface area contributed by atoms with Crippen LogP contribution in [0.25, 0.3) is 11.4 Å². The first-order valence-corrected chi connectivity index (χ1v) is 8.00. The molecule has 2 heterocycles. The summed E-state index contributed by atoms with van der Waals surface area (Å²) in [6, 6.07) is 5.88. The average molecular weight is 317 g/mol. The number of hydrogen-bond donors (Lipinski definition) is 1. The third-order valence-corrected chi connectivity index (χ3v) is 4.35. The maximum Gasteiger partial charge on any atom is 0.241 e. The normalized spacial score (nSPS) is 19.0. The van der Waals surface area contributed by atoms with Gasteiger partial charge in [-0.2, -0.15) is 4.98 Å². The summed E-state index contributed by atoms with van der Waals surface area (Å²) in [6.45, 7) is 4.76. The predicted octanol–water partition coefficient (Wildman–Crippen LogP) is 2.26. The molecule has 1 aliphatic rings. The van der Waals surface area contributed by atoms with Crippen molar-refractivity contribution in [3.63, 3.8) is 0 Å². The number of rotatable bonds is 5. The monoisotopic (exact) mass is 317 g/mol. The molecule has 6 nitrogen and oxygen atoms in total. The second-order valence-corrected chi connectivity index (χ2v) is 6.12. The highest BCUT2D eigenvalue weighted by atomic mass is 16.5. The minimum absolute atomic E-state index is 0.245. The minimum atomic E-state index is 0.245. The quantitative estimate of drug-likeness (QED) is 0.912. The zero-order valence-electron chi connectivity index (χ0n) is 13.7. The Morgan fingerprint density at radius 3 is 3.09 bits per heavy atom. The van der Waals surface area contributed by atoms with E-state index in [0.29, 0.717) is 24.2 Å². The Morgan fingerprint density at radius 1 is 1.43 bits per heavy atom. The minimum Gasteiger partial charge on any atom is -0.496 e. The summed E-state index contributed by atoms with van der Waals surface area (Å²) in [6.07, 6.45) is 2.19. The van der Waals surface area contributed by atoms with Crippen molar-refractivity contribution in [1.29, 1.82) is 0 Å². The summed E-state index contributed by atoms with van der Waals surface area (Å²) in [4.78, 5) is 6.75. The van der Waals surface area contributed by atoms with Crippen molar-refractivity contribution in [3.05, 3.63) is 29.7 Å². The Labute approximate surface area is 136 Å². The van der Waals surface area contributed by atoms with Gasteiger partial charge in [-0.25, -0.2) is 0 Å². The van der Waals surface area contributed by atoms with Crippen LogP contribution in [-0.4, -0.2) is 47.0 Å². The second kappa shape index (κ2) is 7.10. The van der Waals surface area contributed by atoms with Crippen LogP contribution < -0.4 is 4.74 Å². The van der Waals surface area contributed by atoms with Gasteiger partial charge in [-0.3, -0.25) is 4.90 Å². The highest BCUT2D eigenvalue weighted by Crippen LogP contribution is 2.25. The van der Waals surface area contributed by atoms with Gasteiger partial charge in [0.15, 0.2) is 0 Å². The summed E-state index contributed by atoms with van der Waals surface area (Å²) in [5.41, 5.74) is 1.96. The number of aliphatic hydroxyl groups is 1. The van der Waals surface area contributed by atoms with Crippen LogP contribution in [0.5, 0.6) is 5.75 Å². The Morgan fingerprint density at radius 2 is 2.30 bits per heavy atom. The lowest BCUT2D eigenvalue weighted by atomic mass is 9.99. The van der Waals surface area contributed by atoms with Crippen LogP contribution in [0.2, 0.25) is 0 Å². The largest absolute Gasteiger partial charge is 0.496 e. The van der Waals surface area contributed by atoms with Crippen LogP contribution in [-0.2, 0) is 6.54 Å². The van der Waals surface area contributed by atoms with Crippen molar-refractivity contribution in [2.75, 3.05) is 26.8 Å². The number of benzene rings is 1. The van der Waals surface area contributed by atoms with Crippen molar-refractivity contribution in [2.24, 2.45) is 5.92 Å². The Balaban J connectivity index is 1.70. The summed E-state index contributed by atoms with van der Waals surface area (Å²) < 4.78 is 10.7. The molecule has 1 aliphatic heterocycles. The van der Waals surface area contributed by atoms with Gasteiger partial charge in [-0.05, 0) is 43.9 Å². The van der Waals surface area contributed by atoms with E-state index in [4.69, 9.17) is 9.26 Å². The van der Waals surface area contributed by atoms with Gasteiger partial charge in [0.25, 0.3) is 0 Å². The van der Waals surface area contributed by atoms with Crippen molar-refractivity contribution < 1.29 is 14.4 Å². The van der Waals surface area contributed by atoms with Crippen LogP contribution in [0, 0.1) is 12.8 Å². The van der Waals surface area contributed by atoms with E-state index in [1.165, 1.54) is 0 Å². The number of aromatic nitrogens is 2. The van der Waals surface area contributed by atoms with Gasteiger partial charge in [0.1, 0.15) is 5.75 Å². The zero-order chi connectivity index (χ0) is 16.2. The van der Waals surface area contributed by atoms with Crippen LogP contribution in [0.1, 0.15) is 24.3 Å². The van der Waals surface area contributed by atoms with E-state index >= 15 is 0 Å². The third-order valence-electron chi connectivity index (χ3n) is 4.35. The van der Waals surface area contributed by atoms with E-state index in [0.717, 1.165) is 42.8 Å². The summed E-state index contributed by atoms with van der Waals surface area (Å²) in [5.74, 6) is 2.36. The second-order valence-electron chi connectivity index (χ2n) is 6.12. The maximum atomic E-state index is 9.31. The molecule has 1 fully saturated rings. The molecule has 0 spiro atoms. The number of methoxy groups -OCH3 is 1. The van der Waals surface area contributed by atoms with E-state index in [9.17, 15) is 5.11 Å². The number of hydrogen-bond acceptors (Lipinski definition) is 6. The number of aryl methyl sites for hydroxylation is 1. The zero-order valence-corrected chi connectivity index (χ0v) is 13.7. The molecule has 3 rings (SSSR count). The standard InChI is InChI=1S/C17H23N3O3/c1-12-5-6-14(8-15(12)22-2)17-18-16(23-19-17)10-20-7-3-4-13(9-20)11-21/h5-6,8,13,21H,3-4,7,9-11H2,1-2H3. The van der Waals surface area contributed by atoms with Gasteiger partial charge in [-0.15, -0.1) is 0 Å². The predicted molar refractivity (Wildman–Crippen MR) is 86.1 cm³/mol. The molecule has 1 N–H and O–H groups in total. The highest BCUT2D eigenvalue weighted by Gasteiger charge is 2.21. The van der Waals surface area contributed by atoms with Gasteiger partial charge >= 0.3 is 0 Å². The smallest absolute Gasteiger partial charge is 0.241 e. The van der Waals surface area contributed by atoms with Crippen LogP contribution in [0.4, 0.5) is 0 Å². The topological polar surface area (TPSA) is 71.6 Å². The fraction of sp³-hybridized carbons (Fsp3) is 0.529. The lowest BCUT2D eigenvalue weighted by Gasteiger charge is -2.30. The van der Waals surface area contributed by atoms with Gasteiger partial charge in [0.05, 0.1) is 13.7 Å². The van der Waals surface area contributed by atoms with Gasteiger partial charge in [0.2, 0.25) is 11.7 Å². The van der Waals surface area contributed by atoms with E-state index < -0.39 is 0 Å². The van der Waals surface area contributed by atoms with Crippen molar-refractivity contribution in [1.82, 2.24) is 15.0 Å². The summed E-state index contributed by atoms with van der Waals surface area (Å²) in [5, 5.41) is 13.4. The molecule has 0 saturated carbocycles. The molecule has 1 aromatic carbocycles. The first-order valence-electron chi connectivity index (χ1n) is 8.00. The average Bonchev–Trinajstić information content (AvgIpc) is 3.04. The molecule has 0 amide bonds. The Hall–Kier alpha value is -1.92. The highest BCUT2D eigenvalue weighted by molar-refractivity contribution is 5.58. The van der Waals surface area contributed by atoms with Gasteiger partial charge in [-0.1, -0.05) is 17.3 Å². The fourth-order valence-corrected chi connectivity index (χ4v) is 3.03. The summed E-state index contributed by atoms with van der Waals surface area (Å²) >= 11 is 0. The third kappa shape index (κ3) is 3.71. The molecule has 1 aromatic heterocycles. The Bertz CT molecular complexity index is 656. The van der Waals surface area contributed by atoms with Crippen molar-refractivity contribution in [3.8, 4) is 17.1 Å². The van der Waals surface area contributed by atoms with Gasteiger partial charge in [0, 0.05) is 18.7 Å². The number of piperidine rings is 1. The number of aliphatic hydroxyl groups excluding tert-OH is 1. The molecule has 0 aliphatic carbocycles. The van der Waals surface area contributed by atoms with Gasteiger partial charge < -0.3 is 14.4 Å². The number of likely N-dealkylation sites (tertiary alicyclic amines) is 1. The van der Waals surface area contributed by atoms with E-state index in [-0.39, 0.29) is 6.61 Å². The number of nitrogens with zero attached hydrogens (tertiary/aromatic N) is 3. The number of ether oxygens (including phenoxy) is 1. The van der Waals surface area contributed by atoms with E-state index in [1.807, 2.05) is 25.1 Å². The molecule has 2 aromatic rings. The molecule has 23 heavy (non-hydrogen) atoms. The van der Waals surface area contributed by atoms with Crippen LogP contribution in [0.15, 0.2) is 22.7 Å². The lowest BCUT2D eigenvalue weighted by molar-refractivity contribution is 0.107. The van der Waals surface area contributed by atoms with E-state index in [2.05, 4.69) is 15.0 Å². The molecular weight excluding hydrogens is 294 g/mol. The van der Waals surface area contributed by atoms with Crippen LogP contribution in [0.3, 0.4) is 0 Å². The molecule has 6 heteroatoms. The van der Waals surface area contributed by atoms with Crippen molar-refractivity contribution >= 4 is 0 Å². The first kappa shape index (κ1) is 16.0. The molecular formula is C17H23N3O3. The SMILES string of the molecule is COc1cc(-c2noc(CN3CCCC(CO)C3)n2)ccc1C.